The van der Waals surface area contributed by atoms with Crippen LogP contribution in [0.3, 0.4) is 0 Å². The van der Waals surface area contributed by atoms with E-state index in [1.54, 1.807) is 7.11 Å². The molecule has 3 N–H and O–H groups in total. The standard InChI is InChI=1S/C16H24N2O2/c1-20-11-10-16(8-5-9-16)15(19)18-12-14(17)13-6-3-2-4-7-13/h2-4,6-7,14H,5,8-12,17H2,1H3,(H,18,19). The highest BCUT2D eigenvalue weighted by atomic mass is 16.5. The van der Waals surface area contributed by atoms with Crippen molar-refractivity contribution in [1.82, 2.24) is 5.32 Å². The minimum atomic E-state index is -0.216. The summed E-state index contributed by atoms with van der Waals surface area (Å²) >= 11 is 0. The summed E-state index contributed by atoms with van der Waals surface area (Å²) in [6.45, 7) is 1.12. The smallest absolute Gasteiger partial charge is 0.226 e. The first-order chi connectivity index (χ1) is 9.68. The molecule has 0 heterocycles. The minimum Gasteiger partial charge on any atom is -0.385 e. The SMILES string of the molecule is COCCC1(C(=O)NCC(N)c2ccccc2)CCC1. The average molecular weight is 276 g/mol. The van der Waals surface area contributed by atoms with Crippen LogP contribution in [0.4, 0.5) is 0 Å². The Bertz CT molecular complexity index is 429. The van der Waals surface area contributed by atoms with E-state index in [-0.39, 0.29) is 17.4 Å². The molecule has 1 amide bonds. The lowest BCUT2D eigenvalue weighted by Gasteiger charge is -2.40. The Balaban J connectivity index is 1.85. The summed E-state index contributed by atoms with van der Waals surface area (Å²) in [6, 6.07) is 9.70. The molecule has 0 saturated heterocycles. The van der Waals surface area contributed by atoms with Gasteiger partial charge in [-0.2, -0.15) is 0 Å². The van der Waals surface area contributed by atoms with Crippen LogP contribution in [0.2, 0.25) is 0 Å². The van der Waals surface area contributed by atoms with Crippen LogP contribution in [0.25, 0.3) is 0 Å². The van der Waals surface area contributed by atoms with Gasteiger partial charge in [-0.25, -0.2) is 0 Å². The molecule has 0 spiro atoms. The Morgan fingerprint density at radius 3 is 2.65 bits per heavy atom. The van der Waals surface area contributed by atoms with Crippen molar-refractivity contribution in [1.29, 1.82) is 0 Å². The van der Waals surface area contributed by atoms with Crippen molar-refractivity contribution in [3.05, 3.63) is 35.9 Å². The molecule has 4 heteroatoms. The summed E-state index contributed by atoms with van der Waals surface area (Å²) in [5, 5.41) is 3.01. The van der Waals surface area contributed by atoms with E-state index in [2.05, 4.69) is 5.32 Å². The predicted octanol–water partition coefficient (Wildman–Crippen LogP) is 2.01. The maximum absolute atomic E-state index is 12.4. The molecular weight excluding hydrogens is 252 g/mol. The summed E-state index contributed by atoms with van der Waals surface area (Å²) in [4.78, 5) is 12.4. The number of carbonyl (C=O) groups excluding carboxylic acids is 1. The number of carbonyl (C=O) groups is 1. The van der Waals surface area contributed by atoms with Gasteiger partial charge >= 0.3 is 0 Å². The van der Waals surface area contributed by atoms with Gasteiger partial charge in [0.25, 0.3) is 0 Å². The third kappa shape index (κ3) is 3.38. The predicted molar refractivity (Wildman–Crippen MR) is 79.2 cm³/mol. The number of ether oxygens (including phenoxy) is 1. The van der Waals surface area contributed by atoms with E-state index in [0.717, 1.165) is 31.2 Å². The fourth-order valence-corrected chi connectivity index (χ4v) is 2.70. The first-order valence-corrected chi connectivity index (χ1v) is 7.26. The second kappa shape index (κ2) is 6.86. The Hall–Kier alpha value is -1.39. The topological polar surface area (TPSA) is 64.3 Å². The van der Waals surface area contributed by atoms with Gasteiger partial charge in [0.05, 0.1) is 5.41 Å². The number of hydrogen-bond donors (Lipinski definition) is 2. The van der Waals surface area contributed by atoms with Crippen LogP contribution in [-0.4, -0.2) is 26.2 Å². The Labute approximate surface area is 120 Å². The third-order valence-corrected chi connectivity index (χ3v) is 4.29. The number of amides is 1. The minimum absolute atomic E-state index is 0.132. The Morgan fingerprint density at radius 1 is 1.40 bits per heavy atom. The molecule has 20 heavy (non-hydrogen) atoms. The first-order valence-electron chi connectivity index (χ1n) is 7.26. The molecule has 1 atom stereocenters. The lowest BCUT2D eigenvalue weighted by atomic mass is 9.66. The maximum atomic E-state index is 12.4. The molecule has 2 rings (SSSR count). The number of nitrogens with two attached hydrogens (primary N) is 1. The van der Waals surface area contributed by atoms with E-state index in [9.17, 15) is 4.79 Å². The number of methoxy groups -OCH3 is 1. The maximum Gasteiger partial charge on any atom is 0.226 e. The van der Waals surface area contributed by atoms with Crippen LogP contribution in [0.1, 0.15) is 37.3 Å². The molecule has 1 aromatic rings. The fourth-order valence-electron chi connectivity index (χ4n) is 2.70. The van der Waals surface area contributed by atoms with Crippen LogP contribution in [0.15, 0.2) is 30.3 Å². The fraction of sp³-hybridized carbons (Fsp3) is 0.562. The van der Waals surface area contributed by atoms with E-state index < -0.39 is 0 Å². The van der Waals surface area contributed by atoms with Gasteiger partial charge in [-0.15, -0.1) is 0 Å². The number of nitrogens with one attached hydrogen (secondary N) is 1. The van der Waals surface area contributed by atoms with Gasteiger partial charge in [-0.3, -0.25) is 4.79 Å². The quantitative estimate of drug-likeness (QED) is 0.800. The second-order valence-electron chi connectivity index (χ2n) is 5.60. The van der Waals surface area contributed by atoms with Crippen molar-refractivity contribution >= 4 is 5.91 Å². The molecule has 1 unspecified atom stereocenters. The summed E-state index contributed by atoms with van der Waals surface area (Å²) < 4.78 is 5.11. The second-order valence-corrected chi connectivity index (χ2v) is 5.60. The number of hydrogen-bond acceptors (Lipinski definition) is 3. The zero-order valence-corrected chi connectivity index (χ0v) is 12.1. The molecule has 0 aliphatic heterocycles. The Morgan fingerprint density at radius 2 is 2.10 bits per heavy atom. The lowest BCUT2D eigenvalue weighted by molar-refractivity contribution is -0.137. The van der Waals surface area contributed by atoms with Crippen molar-refractivity contribution in [2.24, 2.45) is 11.1 Å². The van der Waals surface area contributed by atoms with Crippen molar-refractivity contribution in [3.63, 3.8) is 0 Å². The van der Waals surface area contributed by atoms with Crippen LogP contribution < -0.4 is 11.1 Å². The highest BCUT2D eigenvalue weighted by Gasteiger charge is 2.43. The molecule has 1 aromatic carbocycles. The van der Waals surface area contributed by atoms with Crippen LogP contribution in [0, 0.1) is 5.41 Å². The summed E-state index contributed by atoms with van der Waals surface area (Å²) in [5.74, 6) is 0.132. The van der Waals surface area contributed by atoms with Crippen LogP contribution in [0.5, 0.6) is 0 Å². The van der Waals surface area contributed by atoms with Gasteiger partial charge in [0.1, 0.15) is 0 Å². The zero-order valence-electron chi connectivity index (χ0n) is 12.1. The highest BCUT2D eigenvalue weighted by Crippen LogP contribution is 2.44. The first kappa shape index (κ1) is 15.0. The van der Waals surface area contributed by atoms with Crippen molar-refractivity contribution in [2.75, 3.05) is 20.3 Å². The van der Waals surface area contributed by atoms with E-state index in [1.807, 2.05) is 30.3 Å². The lowest BCUT2D eigenvalue weighted by Crippen LogP contribution is -2.47. The zero-order chi connectivity index (χ0) is 14.4. The molecule has 1 fully saturated rings. The van der Waals surface area contributed by atoms with Gasteiger partial charge < -0.3 is 15.8 Å². The van der Waals surface area contributed by atoms with Gasteiger partial charge in [0, 0.05) is 26.3 Å². The van der Waals surface area contributed by atoms with E-state index in [1.165, 1.54) is 0 Å². The average Bonchev–Trinajstić information content (AvgIpc) is 2.44. The van der Waals surface area contributed by atoms with E-state index in [4.69, 9.17) is 10.5 Å². The van der Waals surface area contributed by atoms with Crippen molar-refractivity contribution in [3.8, 4) is 0 Å². The summed E-state index contributed by atoms with van der Waals surface area (Å²) in [7, 11) is 1.68. The number of benzene rings is 1. The van der Waals surface area contributed by atoms with Crippen LogP contribution >= 0.6 is 0 Å². The molecular formula is C16H24N2O2. The molecule has 1 saturated carbocycles. The van der Waals surface area contributed by atoms with Gasteiger partial charge in [0.2, 0.25) is 5.91 Å². The third-order valence-electron chi connectivity index (χ3n) is 4.29. The van der Waals surface area contributed by atoms with Crippen molar-refractivity contribution < 1.29 is 9.53 Å². The number of rotatable bonds is 7. The molecule has 0 radical (unpaired) electrons. The van der Waals surface area contributed by atoms with Gasteiger partial charge in [-0.05, 0) is 24.8 Å². The molecule has 0 bridgehead atoms. The van der Waals surface area contributed by atoms with Gasteiger partial charge in [-0.1, -0.05) is 36.8 Å². The Kier molecular flexibility index (Phi) is 5.15. The molecule has 4 nitrogen and oxygen atoms in total. The molecule has 0 aromatic heterocycles. The summed E-state index contributed by atoms with van der Waals surface area (Å²) in [5.41, 5.74) is 6.94. The van der Waals surface area contributed by atoms with E-state index >= 15 is 0 Å². The highest BCUT2D eigenvalue weighted by molar-refractivity contribution is 5.83. The summed E-state index contributed by atoms with van der Waals surface area (Å²) in [6.07, 6.45) is 3.85. The molecule has 1 aliphatic carbocycles. The van der Waals surface area contributed by atoms with E-state index in [0.29, 0.717) is 13.2 Å². The van der Waals surface area contributed by atoms with Crippen LogP contribution in [-0.2, 0) is 9.53 Å². The monoisotopic (exact) mass is 276 g/mol. The molecule has 110 valence electrons. The normalized spacial score (nSPS) is 18.1. The molecule has 1 aliphatic rings. The van der Waals surface area contributed by atoms with Crippen molar-refractivity contribution in [2.45, 2.75) is 31.7 Å². The van der Waals surface area contributed by atoms with Gasteiger partial charge in [0.15, 0.2) is 0 Å². The largest absolute Gasteiger partial charge is 0.385 e.